The van der Waals surface area contributed by atoms with Crippen LogP contribution in [0.1, 0.15) is 15.2 Å². The van der Waals surface area contributed by atoms with Crippen LogP contribution in [0.3, 0.4) is 0 Å². The van der Waals surface area contributed by atoms with Crippen molar-refractivity contribution >= 4 is 33.3 Å². The van der Waals surface area contributed by atoms with Gasteiger partial charge in [-0.15, -0.1) is 11.3 Å². The van der Waals surface area contributed by atoms with Crippen molar-refractivity contribution in [2.45, 2.75) is 6.54 Å². The topological polar surface area (TPSA) is 64.6 Å². The Morgan fingerprint density at radius 1 is 1.12 bits per heavy atom. The average Bonchev–Trinajstić information content (AvgIpc) is 3.08. The number of halogens is 1. The Bertz CT molecular complexity index is 936. The van der Waals surface area contributed by atoms with Crippen LogP contribution in [0.5, 0.6) is 5.75 Å². The molecule has 0 saturated carbocycles. The van der Waals surface area contributed by atoms with Gasteiger partial charge in [0.2, 0.25) is 0 Å². The molecule has 3 aromatic rings. The Kier molecular flexibility index (Phi) is 5.48. The van der Waals surface area contributed by atoms with E-state index in [4.69, 9.17) is 9.47 Å². The summed E-state index contributed by atoms with van der Waals surface area (Å²) >= 11 is 1.19. The van der Waals surface area contributed by atoms with Gasteiger partial charge in [-0.1, -0.05) is 12.1 Å². The fraction of sp³-hybridized carbons (Fsp3) is 0.158. The number of nitrogens with one attached hydrogen (secondary N) is 1. The third-order valence-electron chi connectivity index (χ3n) is 3.66. The number of rotatable bonds is 6. The fourth-order valence-corrected chi connectivity index (χ4v) is 3.25. The summed E-state index contributed by atoms with van der Waals surface area (Å²) in [5, 5.41) is 3.30. The molecule has 5 nitrogen and oxygen atoms in total. The van der Waals surface area contributed by atoms with Crippen LogP contribution in [0.25, 0.3) is 10.1 Å². The van der Waals surface area contributed by atoms with E-state index in [2.05, 4.69) is 5.32 Å². The lowest BCUT2D eigenvalue weighted by molar-refractivity contribution is -0.124. The van der Waals surface area contributed by atoms with E-state index in [9.17, 15) is 14.0 Å². The van der Waals surface area contributed by atoms with Gasteiger partial charge in [0, 0.05) is 11.2 Å². The molecule has 3 rings (SSSR count). The first-order valence-electron chi connectivity index (χ1n) is 7.81. The van der Waals surface area contributed by atoms with E-state index in [1.165, 1.54) is 23.5 Å². The van der Waals surface area contributed by atoms with Gasteiger partial charge in [0.05, 0.1) is 7.11 Å². The molecule has 0 radical (unpaired) electrons. The van der Waals surface area contributed by atoms with Crippen molar-refractivity contribution in [2.24, 2.45) is 0 Å². The third kappa shape index (κ3) is 4.37. The smallest absolute Gasteiger partial charge is 0.348 e. The predicted molar refractivity (Wildman–Crippen MR) is 96.9 cm³/mol. The van der Waals surface area contributed by atoms with Crippen molar-refractivity contribution in [1.82, 2.24) is 5.32 Å². The van der Waals surface area contributed by atoms with Gasteiger partial charge >= 0.3 is 5.97 Å². The fourth-order valence-electron chi connectivity index (χ4n) is 2.31. The summed E-state index contributed by atoms with van der Waals surface area (Å²) in [6.45, 7) is -0.0554. The summed E-state index contributed by atoms with van der Waals surface area (Å²) in [6.07, 6.45) is 0. The maximum absolute atomic E-state index is 13.2. The van der Waals surface area contributed by atoms with Crippen molar-refractivity contribution in [3.05, 3.63) is 64.8 Å². The lowest BCUT2D eigenvalue weighted by Crippen LogP contribution is -2.28. The van der Waals surface area contributed by atoms with Gasteiger partial charge < -0.3 is 14.8 Å². The van der Waals surface area contributed by atoms with Crippen LogP contribution in [-0.4, -0.2) is 25.6 Å². The molecular weight excluding hydrogens is 357 g/mol. The van der Waals surface area contributed by atoms with Crippen molar-refractivity contribution < 1.29 is 23.5 Å². The predicted octanol–water partition coefficient (Wildman–Crippen LogP) is 3.52. The summed E-state index contributed by atoms with van der Waals surface area (Å²) in [5.74, 6) is -0.641. The molecule has 7 heteroatoms. The van der Waals surface area contributed by atoms with Crippen molar-refractivity contribution in [3.8, 4) is 5.75 Å². The van der Waals surface area contributed by atoms with E-state index in [0.717, 1.165) is 16.0 Å². The van der Waals surface area contributed by atoms with Crippen LogP contribution in [0.2, 0.25) is 0 Å². The number of fused-ring (bicyclic) bond motifs is 1. The molecule has 0 aliphatic carbocycles. The third-order valence-corrected chi connectivity index (χ3v) is 4.76. The molecule has 0 saturated heterocycles. The van der Waals surface area contributed by atoms with Gasteiger partial charge in [-0.25, -0.2) is 9.18 Å². The first kappa shape index (κ1) is 17.9. The second-order valence-corrected chi connectivity index (χ2v) is 6.58. The normalized spacial score (nSPS) is 10.5. The number of esters is 1. The van der Waals surface area contributed by atoms with Crippen molar-refractivity contribution in [1.29, 1.82) is 0 Å². The Labute approximate surface area is 153 Å². The molecule has 0 unspecified atom stereocenters. The number of hydrogen-bond acceptors (Lipinski definition) is 5. The van der Waals surface area contributed by atoms with E-state index >= 15 is 0 Å². The minimum atomic E-state index is -0.605. The molecule has 0 fully saturated rings. The van der Waals surface area contributed by atoms with Gasteiger partial charge in [-0.3, -0.25) is 4.79 Å². The SMILES string of the molecule is COc1ccc(CNC(=O)COC(=O)c2cc3cc(F)ccc3s2)cc1. The number of amides is 1. The summed E-state index contributed by atoms with van der Waals surface area (Å²) in [6, 6.07) is 13.1. The van der Waals surface area contributed by atoms with Crippen molar-refractivity contribution in [3.63, 3.8) is 0 Å². The molecule has 0 aliphatic heterocycles. The number of benzene rings is 2. The second kappa shape index (κ2) is 7.97. The van der Waals surface area contributed by atoms with Gasteiger partial charge in [-0.2, -0.15) is 0 Å². The number of ether oxygens (including phenoxy) is 2. The molecule has 134 valence electrons. The minimum absolute atomic E-state index is 0.322. The molecule has 1 N–H and O–H groups in total. The zero-order chi connectivity index (χ0) is 18.5. The molecule has 0 aliphatic rings. The highest BCUT2D eigenvalue weighted by molar-refractivity contribution is 7.20. The molecule has 0 bridgehead atoms. The lowest BCUT2D eigenvalue weighted by atomic mass is 10.2. The van der Waals surface area contributed by atoms with E-state index in [-0.39, 0.29) is 12.4 Å². The number of methoxy groups -OCH3 is 1. The summed E-state index contributed by atoms with van der Waals surface area (Å²) in [7, 11) is 1.58. The van der Waals surface area contributed by atoms with Gasteiger partial charge in [0.15, 0.2) is 6.61 Å². The summed E-state index contributed by atoms with van der Waals surface area (Å²) in [4.78, 5) is 24.2. The Morgan fingerprint density at radius 2 is 1.88 bits per heavy atom. The Balaban J connectivity index is 1.50. The number of carbonyl (C=O) groups is 2. The molecule has 2 aromatic carbocycles. The maximum Gasteiger partial charge on any atom is 0.348 e. The van der Waals surface area contributed by atoms with Crippen molar-refractivity contribution in [2.75, 3.05) is 13.7 Å². The molecule has 1 aromatic heterocycles. The van der Waals surface area contributed by atoms with Gasteiger partial charge in [0.25, 0.3) is 5.91 Å². The largest absolute Gasteiger partial charge is 0.497 e. The summed E-state index contributed by atoms with van der Waals surface area (Å²) in [5.41, 5.74) is 0.900. The summed E-state index contributed by atoms with van der Waals surface area (Å²) < 4.78 is 24.1. The number of hydrogen-bond donors (Lipinski definition) is 1. The quantitative estimate of drug-likeness (QED) is 0.672. The molecule has 1 heterocycles. The van der Waals surface area contributed by atoms with E-state index in [0.29, 0.717) is 16.8 Å². The molecule has 1 amide bonds. The highest BCUT2D eigenvalue weighted by Gasteiger charge is 2.14. The van der Waals surface area contributed by atoms with Crippen LogP contribution in [-0.2, 0) is 16.1 Å². The molecule has 26 heavy (non-hydrogen) atoms. The highest BCUT2D eigenvalue weighted by atomic mass is 32.1. The zero-order valence-corrected chi connectivity index (χ0v) is 14.8. The minimum Gasteiger partial charge on any atom is -0.497 e. The maximum atomic E-state index is 13.2. The Hall–Kier alpha value is -2.93. The first-order chi connectivity index (χ1) is 12.5. The van der Waals surface area contributed by atoms with Crippen LogP contribution in [0.15, 0.2) is 48.5 Å². The highest BCUT2D eigenvalue weighted by Crippen LogP contribution is 2.26. The molecule has 0 spiro atoms. The van der Waals surface area contributed by atoms with Crippen LogP contribution >= 0.6 is 11.3 Å². The van der Waals surface area contributed by atoms with E-state index < -0.39 is 11.9 Å². The second-order valence-electron chi connectivity index (χ2n) is 5.49. The average molecular weight is 373 g/mol. The van der Waals surface area contributed by atoms with Gasteiger partial charge in [-0.05, 0) is 47.3 Å². The molecular formula is C19H16FNO4S. The van der Waals surface area contributed by atoms with E-state index in [1.54, 1.807) is 31.4 Å². The Morgan fingerprint density at radius 3 is 2.62 bits per heavy atom. The van der Waals surface area contributed by atoms with Crippen LogP contribution in [0, 0.1) is 5.82 Å². The van der Waals surface area contributed by atoms with Gasteiger partial charge in [0.1, 0.15) is 16.4 Å². The van der Waals surface area contributed by atoms with Crippen LogP contribution < -0.4 is 10.1 Å². The van der Waals surface area contributed by atoms with Crippen LogP contribution in [0.4, 0.5) is 4.39 Å². The standard InChI is InChI=1S/C19H16FNO4S/c1-24-15-5-2-12(3-6-15)10-21-18(22)11-25-19(23)17-9-13-8-14(20)4-7-16(13)26-17/h2-9H,10-11H2,1H3,(H,21,22). The molecule has 0 atom stereocenters. The monoisotopic (exact) mass is 373 g/mol. The van der Waals surface area contributed by atoms with E-state index in [1.807, 2.05) is 12.1 Å². The zero-order valence-electron chi connectivity index (χ0n) is 14.0. The first-order valence-corrected chi connectivity index (χ1v) is 8.62. The lowest BCUT2D eigenvalue weighted by Gasteiger charge is -2.07. The number of carbonyl (C=O) groups excluding carboxylic acids is 2. The number of thiophene rings is 1.